The Morgan fingerprint density at radius 3 is 2.52 bits per heavy atom. The Morgan fingerprint density at radius 1 is 1.26 bits per heavy atom. The first-order valence-corrected chi connectivity index (χ1v) is 9.85. The van der Waals surface area contributed by atoms with E-state index in [1.54, 1.807) is 25.1 Å². The van der Waals surface area contributed by atoms with Gasteiger partial charge in [0.15, 0.2) is 5.16 Å². The van der Waals surface area contributed by atoms with Gasteiger partial charge in [0, 0.05) is 15.7 Å². The Balaban J connectivity index is 2.19. The summed E-state index contributed by atoms with van der Waals surface area (Å²) in [6.45, 7) is 3.84. The Bertz CT molecular complexity index is 810. The average molecular weight is 432 g/mol. The smallest absolute Gasteiger partial charge is 0.316 e. The zero-order valence-corrected chi connectivity index (χ0v) is 17.1. The second-order valence-corrected chi connectivity index (χ2v) is 7.19. The van der Waals surface area contributed by atoms with Crippen LogP contribution in [-0.2, 0) is 14.3 Å². The van der Waals surface area contributed by atoms with E-state index in [1.807, 2.05) is 6.92 Å². The number of aromatic nitrogens is 3. The van der Waals surface area contributed by atoms with Crippen LogP contribution in [-0.4, -0.2) is 39.0 Å². The van der Waals surface area contributed by atoms with Crippen LogP contribution < -0.4 is 11.1 Å². The van der Waals surface area contributed by atoms with Gasteiger partial charge in [-0.05, 0) is 31.5 Å². The summed E-state index contributed by atoms with van der Waals surface area (Å²) in [5.41, 5.74) is 6.36. The van der Waals surface area contributed by atoms with E-state index in [-0.39, 0.29) is 30.2 Å². The van der Waals surface area contributed by atoms with E-state index >= 15 is 0 Å². The number of amides is 1. The number of carbonyl (C=O) groups is 2. The fourth-order valence-corrected chi connectivity index (χ4v) is 3.66. The number of ether oxygens (including phenoxy) is 1. The molecule has 1 amide bonds. The SMILES string of the molecule is CCOC(=O)CSc1nnc(N)n1C(CC)C(=O)Nc1cc(Cl)cc(Cl)c1. The number of rotatable bonds is 8. The summed E-state index contributed by atoms with van der Waals surface area (Å²) in [5.74, 6) is -0.608. The highest BCUT2D eigenvalue weighted by molar-refractivity contribution is 7.99. The summed E-state index contributed by atoms with van der Waals surface area (Å²) in [7, 11) is 0. The average Bonchev–Trinajstić information content (AvgIpc) is 2.94. The van der Waals surface area contributed by atoms with Crippen molar-refractivity contribution in [2.24, 2.45) is 0 Å². The highest BCUT2D eigenvalue weighted by Crippen LogP contribution is 2.27. The molecule has 0 fully saturated rings. The van der Waals surface area contributed by atoms with Crippen molar-refractivity contribution in [2.75, 3.05) is 23.4 Å². The molecule has 0 saturated carbocycles. The largest absolute Gasteiger partial charge is 0.465 e. The van der Waals surface area contributed by atoms with Crippen LogP contribution in [0.15, 0.2) is 23.4 Å². The van der Waals surface area contributed by atoms with Gasteiger partial charge in [-0.3, -0.25) is 14.2 Å². The molecule has 8 nitrogen and oxygen atoms in total. The molecule has 0 spiro atoms. The maximum atomic E-state index is 12.8. The van der Waals surface area contributed by atoms with Gasteiger partial charge in [0.2, 0.25) is 11.9 Å². The lowest BCUT2D eigenvalue weighted by atomic mass is 10.2. The van der Waals surface area contributed by atoms with Gasteiger partial charge in [0.25, 0.3) is 0 Å². The minimum absolute atomic E-state index is 0.0356. The van der Waals surface area contributed by atoms with Crippen LogP contribution in [0, 0.1) is 0 Å². The number of hydrogen-bond donors (Lipinski definition) is 2. The monoisotopic (exact) mass is 431 g/mol. The molecule has 0 aliphatic carbocycles. The van der Waals surface area contributed by atoms with Crippen molar-refractivity contribution >= 4 is 58.5 Å². The van der Waals surface area contributed by atoms with E-state index in [9.17, 15) is 9.59 Å². The van der Waals surface area contributed by atoms with Crippen molar-refractivity contribution < 1.29 is 14.3 Å². The molecule has 1 heterocycles. The lowest BCUT2D eigenvalue weighted by Crippen LogP contribution is -2.27. The molecule has 0 bridgehead atoms. The molecule has 2 aromatic rings. The molecule has 1 aromatic heterocycles. The topological polar surface area (TPSA) is 112 Å². The number of nitrogens with two attached hydrogens (primary N) is 1. The summed E-state index contributed by atoms with van der Waals surface area (Å²) in [5, 5.41) is 11.7. The third-order valence-corrected chi connectivity index (χ3v) is 4.80. The molecule has 0 aliphatic heterocycles. The predicted octanol–water partition coefficient (Wildman–Crippen LogP) is 3.41. The standard InChI is InChI=1S/C16H19Cl2N5O3S/c1-3-12(14(25)20-11-6-9(17)5-10(18)7-11)23-15(19)21-22-16(23)27-8-13(24)26-4-2/h5-7,12H,3-4,8H2,1-2H3,(H2,19,21)(H,20,25). The van der Waals surface area contributed by atoms with E-state index in [4.69, 9.17) is 33.7 Å². The molecule has 1 atom stereocenters. The predicted molar refractivity (Wildman–Crippen MR) is 106 cm³/mol. The number of anilines is 2. The van der Waals surface area contributed by atoms with E-state index in [2.05, 4.69) is 15.5 Å². The maximum Gasteiger partial charge on any atom is 0.316 e. The summed E-state index contributed by atoms with van der Waals surface area (Å²) in [4.78, 5) is 24.4. The minimum Gasteiger partial charge on any atom is -0.465 e. The van der Waals surface area contributed by atoms with Crippen LogP contribution in [0.1, 0.15) is 26.3 Å². The fraction of sp³-hybridized carbons (Fsp3) is 0.375. The van der Waals surface area contributed by atoms with Crippen LogP contribution in [0.4, 0.5) is 11.6 Å². The Morgan fingerprint density at radius 2 is 1.93 bits per heavy atom. The molecular formula is C16H19Cl2N5O3S. The Kier molecular flexibility index (Phi) is 7.76. The fourth-order valence-electron chi connectivity index (χ4n) is 2.34. The third-order valence-electron chi connectivity index (χ3n) is 3.45. The summed E-state index contributed by atoms with van der Waals surface area (Å²) in [6.07, 6.45) is 0.426. The summed E-state index contributed by atoms with van der Waals surface area (Å²) in [6, 6.07) is 4.06. The third kappa shape index (κ3) is 5.75. The van der Waals surface area contributed by atoms with Crippen molar-refractivity contribution in [3.63, 3.8) is 0 Å². The van der Waals surface area contributed by atoms with Gasteiger partial charge in [0.1, 0.15) is 6.04 Å². The van der Waals surface area contributed by atoms with Gasteiger partial charge >= 0.3 is 5.97 Å². The van der Waals surface area contributed by atoms with Crippen molar-refractivity contribution in [1.82, 2.24) is 14.8 Å². The zero-order chi connectivity index (χ0) is 20.0. The molecular weight excluding hydrogens is 413 g/mol. The lowest BCUT2D eigenvalue weighted by molar-refractivity contribution is -0.139. The van der Waals surface area contributed by atoms with E-state index in [0.29, 0.717) is 27.3 Å². The number of nitrogens with zero attached hydrogens (tertiary/aromatic N) is 3. The first-order valence-electron chi connectivity index (χ1n) is 8.11. The van der Waals surface area contributed by atoms with Crippen LogP contribution >= 0.6 is 35.0 Å². The highest BCUT2D eigenvalue weighted by Gasteiger charge is 2.25. The molecule has 0 saturated heterocycles. The Labute approximate surface area is 170 Å². The number of nitrogen functional groups attached to an aromatic ring is 1. The van der Waals surface area contributed by atoms with Crippen LogP contribution in [0.5, 0.6) is 0 Å². The van der Waals surface area contributed by atoms with Crippen molar-refractivity contribution in [3.8, 4) is 0 Å². The number of carbonyl (C=O) groups excluding carboxylic acids is 2. The first kappa shape index (κ1) is 21.3. The van der Waals surface area contributed by atoms with E-state index in [0.717, 1.165) is 11.8 Å². The molecule has 2 rings (SSSR count). The number of hydrogen-bond acceptors (Lipinski definition) is 7. The number of esters is 1. The second-order valence-electron chi connectivity index (χ2n) is 5.38. The summed E-state index contributed by atoms with van der Waals surface area (Å²) >= 11 is 13.0. The van der Waals surface area contributed by atoms with Crippen LogP contribution in [0.3, 0.4) is 0 Å². The van der Waals surface area contributed by atoms with Crippen LogP contribution in [0.25, 0.3) is 0 Å². The molecule has 1 aromatic carbocycles. The van der Waals surface area contributed by atoms with Crippen molar-refractivity contribution in [2.45, 2.75) is 31.5 Å². The van der Waals surface area contributed by atoms with E-state index < -0.39 is 6.04 Å². The second kappa shape index (κ2) is 9.82. The Hall–Kier alpha value is -1.97. The van der Waals surface area contributed by atoms with Crippen molar-refractivity contribution in [3.05, 3.63) is 28.2 Å². The van der Waals surface area contributed by atoms with Gasteiger partial charge in [-0.1, -0.05) is 41.9 Å². The van der Waals surface area contributed by atoms with Crippen molar-refractivity contribution in [1.29, 1.82) is 0 Å². The summed E-state index contributed by atoms with van der Waals surface area (Å²) < 4.78 is 6.38. The number of halogens is 2. The molecule has 3 N–H and O–H groups in total. The molecule has 0 aliphatic rings. The van der Waals surface area contributed by atoms with Gasteiger partial charge in [0.05, 0.1) is 12.4 Å². The van der Waals surface area contributed by atoms with Gasteiger partial charge < -0.3 is 15.8 Å². The quantitative estimate of drug-likeness (QED) is 0.486. The molecule has 27 heavy (non-hydrogen) atoms. The van der Waals surface area contributed by atoms with Gasteiger partial charge in [-0.2, -0.15) is 0 Å². The minimum atomic E-state index is -0.678. The lowest BCUT2D eigenvalue weighted by Gasteiger charge is -2.19. The van der Waals surface area contributed by atoms with E-state index in [1.165, 1.54) is 4.57 Å². The number of thioether (sulfide) groups is 1. The highest BCUT2D eigenvalue weighted by atomic mass is 35.5. The normalized spacial score (nSPS) is 11.9. The number of nitrogens with one attached hydrogen (secondary N) is 1. The number of benzene rings is 1. The first-order chi connectivity index (χ1) is 12.8. The molecule has 0 radical (unpaired) electrons. The molecule has 146 valence electrons. The van der Waals surface area contributed by atoms with Gasteiger partial charge in [-0.25, -0.2) is 0 Å². The van der Waals surface area contributed by atoms with Crippen LogP contribution in [0.2, 0.25) is 10.0 Å². The molecule has 1 unspecified atom stereocenters. The van der Waals surface area contributed by atoms with Gasteiger partial charge in [-0.15, -0.1) is 10.2 Å². The zero-order valence-electron chi connectivity index (χ0n) is 14.7. The maximum absolute atomic E-state index is 12.8. The molecule has 11 heteroatoms.